The maximum Gasteiger partial charge on any atom is 0.127 e. The van der Waals surface area contributed by atoms with Gasteiger partial charge in [-0.2, -0.15) is 0 Å². The van der Waals surface area contributed by atoms with Gasteiger partial charge in [0.2, 0.25) is 0 Å². The molecule has 80 heavy (non-hydrogen) atoms. The first-order valence-corrected chi connectivity index (χ1v) is 31.1. The van der Waals surface area contributed by atoms with Crippen molar-refractivity contribution in [3.63, 3.8) is 0 Å². The van der Waals surface area contributed by atoms with E-state index in [4.69, 9.17) is 14.2 Å². The molecule has 432 valence electrons. The van der Waals surface area contributed by atoms with Crippen molar-refractivity contribution in [1.29, 1.82) is 0 Å². The van der Waals surface area contributed by atoms with E-state index in [1.807, 2.05) is 48.5 Å². The summed E-state index contributed by atoms with van der Waals surface area (Å²) >= 11 is 0. The van der Waals surface area contributed by atoms with Gasteiger partial charge in [0.25, 0.3) is 0 Å². The molecule has 0 amide bonds. The van der Waals surface area contributed by atoms with E-state index in [9.17, 15) is 0 Å². The Morgan fingerprint density at radius 3 is 0.750 bits per heavy atom. The van der Waals surface area contributed by atoms with Crippen LogP contribution in [0.5, 0.6) is 34.5 Å². The highest BCUT2D eigenvalue weighted by Crippen LogP contribution is 2.59. The number of benzene rings is 6. The topological polar surface area (TPSA) is 27.7 Å². The standard InChI is InChI=1S/C33H36O2.C24H34O.C20H36/c1-23(2)25-7-15-29(16-8-25)34-31-19-11-27(12-20-31)33(5,6)28-13-21-32(22-14-28)35-30-17-9-26(10-18-30)24(3)4;1-15(2)21-11-9-19(13-23(21)17(5)6)25-20-10-12-22(16(3)4)24(14-20)18(7)8;1-11(2)17-15-9-10-16(18(17)12(3)4)20(14(7)8)19(15)13(5)6/h7-24H,1-6H3;9-18H,1-8H3;9-20H,1-8H3. The number of ether oxygens (including phenoxy) is 3. The van der Waals surface area contributed by atoms with Crippen LogP contribution in [0.25, 0.3) is 0 Å². The smallest absolute Gasteiger partial charge is 0.127 e. The Morgan fingerprint density at radius 2 is 0.512 bits per heavy atom. The molecule has 0 aromatic heterocycles. The van der Waals surface area contributed by atoms with Crippen molar-refractivity contribution < 1.29 is 14.2 Å². The first kappa shape index (κ1) is 63.6. The van der Waals surface area contributed by atoms with Crippen LogP contribution in [0.4, 0.5) is 0 Å². The first-order chi connectivity index (χ1) is 37.7. The van der Waals surface area contributed by atoms with E-state index in [2.05, 4.69) is 249 Å². The predicted octanol–water partition coefficient (Wildman–Crippen LogP) is 23.7. The van der Waals surface area contributed by atoms with Crippen molar-refractivity contribution in [3.8, 4) is 34.5 Å². The molecule has 3 aliphatic rings. The minimum atomic E-state index is -0.144. The molecule has 0 N–H and O–H groups in total. The Labute approximate surface area is 488 Å². The van der Waals surface area contributed by atoms with E-state index < -0.39 is 0 Å². The molecule has 1 fully saturated rings. The van der Waals surface area contributed by atoms with Gasteiger partial charge in [0.1, 0.15) is 34.5 Å². The van der Waals surface area contributed by atoms with Gasteiger partial charge in [0, 0.05) is 5.41 Å². The summed E-state index contributed by atoms with van der Waals surface area (Å²) in [6, 6.07) is 46.5. The van der Waals surface area contributed by atoms with Crippen LogP contribution in [0, 0.1) is 59.2 Å². The zero-order valence-electron chi connectivity index (χ0n) is 53.8. The van der Waals surface area contributed by atoms with Crippen molar-refractivity contribution >= 4 is 0 Å². The Balaban J connectivity index is 0.000000202. The highest BCUT2D eigenvalue weighted by Gasteiger charge is 2.54. The minimum Gasteiger partial charge on any atom is -0.457 e. The third kappa shape index (κ3) is 15.7. The number of hydrogen-bond acceptors (Lipinski definition) is 3. The zero-order valence-corrected chi connectivity index (χ0v) is 53.8. The van der Waals surface area contributed by atoms with Gasteiger partial charge < -0.3 is 14.2 Å². The maximum absolute atomic E-state index is 6.23. The fourth-order valence-corrected chi connectivity index (χ4v) is 13.4. The van der Waals surface area contributed by atoms with Crippen molar-refractivity contribution in [2.45, 2.75) is 193 Å². The van der Waals surface area contributed by atoms with Gasteiger partial charge >= 0.3 is 0 Å². The molecule has 2 bridgehead atoms. The second-order valence-corrected chi connectivity index (χ2v) is 27.5. The largest absolute Gasteiger partial charge is 0.457 e. The average Bonchev–Trinajstić information content (AvgIpc) is 3.53. The number of fused-ring (bicyclic) bond motifs is 2. The van der Waals surface area contributed by atoms with E-state index in [1.165, 1.54) is 44.5 Å². The van der Waals surface area contributed by atoms with Crippen molar-refractivity contribution in [2.75, 3.05) is 0 Å². The monoisotopic (exact) mass is 1080 g/mol. The average molecular weight is 1080 g/mol. The molecule has 4 atom stereocenters. The van der Waals surface area contributed by atoms with E-state index in [1.54, 1.807) is 0 Å². The Morgan fingerprint density at radius 1 is 0.275 bits per heavy atom. The van der Waals surface area contributed by atoms with Crippen LogP contribution in [0.3, 0.4) is 0 Å². The fraction of sp³-hybridized carbons (Fsp3) is 0.506. The van der Waals surface area contributed by atoms with Gasteiger partial charge in [-0.1, -0.05) is 225 Å². The molecule has 3 aliphatic carbocycles. The molecule has 0 aliphatic heterocycles. The second-order valence-electron chi connectivity index (χ2n) is 27.5. The molecular weight excluding hydrogens is 973 g/mol. The quantitative estimate of drug-likeness (QED) is 0.0803. The summed E-state index contributed by atoms with van der Waals surface area (Å²) in [6.07, 6.45) is 5.22. The van der Waals surface area contributed by atoms with Crippen LogP contribution >= 0.6 is 0 Å². The predicted molar refractivity (Wildman–Crippen MR) is 345 cm³/mol. The van der Waals surface area contributed by atoms with Gasteiger partial charge in [-0.25, -0.2) is 0 Å². The minimum absolute atomic E-state index is 0.144. The Kier molecular flexibility index (Phi) is 22.2. The maximum atomic E-state index is 6.23. The highest BCUT2D eigenvalue weighted by molar-refractivity contribution is 5.46. The molecule has 0 radical (unpaired) electrons. The molecule has 3 nitrogen and oxygen atoms in total. The summed E-state index contributed by atoms with van der Waals surface area (Å²) in [6.45, 7) is 50.9. The second kappa shape index (κ2) is 28.0. The van der Waals surface area contributed by atoms with E-state index >= 15 is 0 Å². The zero-order chi connectivity index (χ0) is 58.9. The molecule has 4 unspecified atom stereocenters. The highest BCUT2D eigenvalue weighted by atomic mass is 16.5. The normalized spacial score (nSPS) is 18.9. The summed E-state index contributed by atoms with van der Waals surface area (Å²) in [5, 5.41) is 0. The number of rotatable bonds is 18. The lowest BCUT2D eigenvalue weighted by molar-refractivity contribution is -0.0708. The van der Waals surface area contributed by atoms with Crippen LogP contribution < -0.4 is 14.2 Å². The van der Waals surface area contributed by atoms with Crippen molar-refractivity contribution in [2.24, 2.45) is 59.2 Å². The molecule has 1 saturated carbocycles. The number of allylic oxidation sites excluding steroid dienone is 2. The summed E-state index contributed by atoms with van der Waals surface area (Å²) in [5.74, 6) is 16.8. The summed E-state index contributed by atoms with van der Waals surface area (Å²) in [7, 11) is 0. The molecule has 0 spiro atoms. The van der Waals surface area contributed by atoms with E-state index in [0.29, 0.717) is 35.5 Å². The van der Waals surface area contributed by atoms with Crippen molar-refractivity contribution in [3.05, 3.63) is 190 Å². The molecule has 3 heteroatoms. The third-order valence-electron chi connectivity index (χ3n) is 17.9. The summed E-state index contributed by atoms with van der Waals surface area (Å²) < 4.78 is 18.4. The molecule has 6 aromatic rings. The summed E-state index contributed by atoms with van der Waals surface area (Å²) in [5.41, 5.74) is 10.6. The lowest BCUT2D eigenvalue weighted by Crippen LogP contribution is -2.54. The lowest BCUT2D eigenvalue weighted by atomic mass is 9.46. The lowest BCUT2D eigenvalue weighted by Gasteiger charge is -2.59. The fourth-order valence-electron chi connectivity index (χ4n) is 13.4. The molecular formula is C77H106O3. The van der Waals surface area contributed by atoms with Gasteiger partial charge in [-0.05, 0) is 212 Å². The molecule has 0 saturated heterocycles. The van der Waals surface area contributed by atoms with Gasteiger partial charge in [-0.3, -0.25) is 0 Å². The summed E-state index contributed by atoms with van der Waals surface area (Å²) in [4.78, 5) is 0. The van der Waals surface area contributed by atoms with E-state index in [0.717, 1.165) is 93.7 Å². The van der Waals surface area contributed by atoms with Crippen LogP contribution in [-0.4, -0.2) is 0 Å². The van der Waals surface area contributed by atoms with Crippen LogP contribution in [0.2, 0.25) is 0 Å². The Bertz CT molecular complexity index is 2630. The van der Waals surface area contributed by atoms with Crippen LogP contribution in [0.15, 0.2) is 146 Å². The molecule has 6 aromatic carbocycles. The molecule has 0 heterocycles. The van der Waals surface area contributed by atoms with Gasteiger partial charge in [0.15, 0.2) is 0 Å². The van der Waals surface area contributed by atoms with Gasteiger partial charge in [0.05, 0.1) is 0 Å². The molecule has 9 rings (SSSR count). The first-order valence-electron chi connectivity index (χ1n) is 31.1. The Hall–Kier alpha value is -5.54. The van der Waals surface area contributed by atoms with Gasteiger partial charge in [-0.15, -0.1) is 0 Å². The SMILES string of the molecule is CC(C)C1C2C=CC(C1C(C)C)C(C(C)C)C2C(C)C.CC(C)c1ccc(Oc2ccc(C(C)(C)c3ccc(Oc4ccc(C(C)C)cc4)cc3)cc2)cc1.CC(C)c1ccc(Oc2ccc(C(C)C)c(C(C)C)c2)cc1C(C)C. The third-order valence-corrected chi connectivity index (χ3v) is 17.9. The number of hydrogen-bond donors (Lipinski definition) is 0. The van der Waals surface area contributed by atoms with Crippen LogP contribution in [-0.2, 0) is 5.41 Å². The van der Waals surface area contributed by atoms with Crippen molar-refractivity contribution in [1.82, 2.24) is 0 Å². The van der Waals surface area contributed by atoms with E-state index in [-0.39, 0.29) is 5.41 Å². The van der Waals surface area contributed by atoms with Crippen LogP contribution in [0.1, 0.15) is 232 Å².